The molecule has 98 valence electrons. The Balaban J connectivity index is 1.90. The van der Waals surface area contributed by atoms with E-state index in [-0.39, 0.29) is 0 Å². The second-order valence-corrected chi connectivity index (χ2v) is 5.31. The molecule has 0 aromatic carbocycles. The van der Waals surface area contributed by atoms with E-state index in [1.165, 1.54) is 25.7 Å². The molecule has 2 aliphatic carbocycles. The summed E-state index contributed by atoms with van der Waals surface area (Å²) in [4.78, 5) is 11.6. The summed E-state index contributed by atoms with van der Waals surface area (Å²) >= 11 is 0. The number of hydrogen-bond donors (Lipinski definition) is 2. The van der Waals surface area contributed by atoms with E-state index in [4.69, 9.17) is 10.8 Å². The van der Waals surface area contributed by atoms with Gasteiger partial charge in [0.25, 0.3) is 0 Å². The number of anilines is 2. The highest BCUT2D eigenvalue weighted by molar-refractivity contribution is 5.51. The van der Waals surface area contributed by atoms with Gasteiger partial charge in [0.1, 0.15) is 17.5 Å². The van der Waals surface area contributed by atoms with Crippen LogP contribution in [-0.2, 0) is 0 Å². The normalized spacial score (nSPS) is 18.8. The fourth-order valence-electron chi connectivity index (χ4n) is 2.31. The molecule has 0 spiro atoms. The highest BCUT2D eigenvalue weighted by atomic mass is 15.3. The molecule has 0 atom stereocenters. The average molecular weight is 247 g/mol. The molecule has 1 aromatic heterocycles. The van der Waals surface area contributed by atoms with Gasteiger partial charge < -0.3 is 10.3 Å². The van der Waals surface area contributed by atoms with Crippen LogP contribution in [0.3, 0.4) is 0 Å². The zero-order chi connectivity index (χ0) is 12.5. The number of nitrogens with two attached hydrogens (primary N) is 1. The fourth-order valence-corrected chi connectivity index (χ4v) is 2.31. The van der Waals surface area contributed by atoms with Crippen molar-refractivity contribution >= 4 is 11.6 Å². The van der Waals surface area contributed by atoms with Gasteiger partial charge in [0.15, 0.2) is 0 Å². The molecule has 0 saturated heterocycles. The van der Waals surface area contributed by atoms with Crippen molar-refractivity contribution in [3.05, 3.63) is 11.9 Å². The van der Waals surface area contributed by atoms with Crippen LogP contribution in [0.4, 0.5) is 11.6 Å². The molecule has 5 nitrogen and oxygen atoms in total. The molecule has 0 unspecified atom stereocenters. The number of nitrogens with zero attached hydrogens (tertiary/aromatic N) is 3. The van der Waals surface area contributed by atoms with Crippen molar-refractivity contribution in [1.82, 2.24) is 9.97 Å². The van der Waals surface area contributed by atoms with Gasteiger partial charge in [0.05, 0.1) is 0 Å². The largest absolute Gasteiger partial charge is 0.353 e. The maximum Gasteiger partial charge on any atom is 0.145 e. The molecular formula is C13H21N5. The summed E-state index contributed by atoms with van der Waals surface area (Å²) in [7, 11) is 0. The van der Waals surface area contributed by atoms with Gasteiger partial charge in [-0.1, -0.05) is 6.92 Å². The van der Waals surface area contributed by atoms with Crippen molar-refractivity contribution in [2.75, 3.05) is 16.9 Å². The number of rotatable bonds is 6. The lowest BCUT2D eigenvalue weighted by molar-refractivity contribution is 0.741. The number of nitrogens with one attached hydrogen (secondary N) is 1. The molecule has 3 N–H and O–H groups in total. The molecule has 0 aliphatic heterocycles. The van der Waals surface area contributed by atoms with Gasteiger partial charge in [-0.05, 0) is 32.1 Å². The van der Waals surface area contributed by atoms with Crippen molar-refractivity contribution in [2.45, 2.75) is 51.0 Å². The number of nitrogen functional groups attached to an aromatic ring is 1. The van der Waals surface area contributed by atoms with Crippen LogP contribution in [0.5, 0.6) is 0 Å². The Kier molecular flexibility index (Phi) is 3.07. The van der Waals surface area contributed by atoms with E-state index in [0.29, 0.717) is 12.0 Å². The van der Waals surface area contributed by atoms with Crippen LogP contribution < -0.4 is 16.2 Å². The van der Waals surface area contributed by atoms with Crippen molar-refractivity contribution in [3.8, 4) is 0 Å². The number of hydrogen-bond acceptors (Lipinski definition) is 5. The quantitative estimate of drug-likeness (QED) is 0.594. The number of aromatic nitrogens is 2. The Morgan fingerprint density at radius 3 is 2.67 bits per heavy atom. The minimum atomic E-state index is 0.555. The summed E-state index contributed by atoms with van der Waals surface area (Å²) in [6.07, 6.45) is 6.14. The van der Waals surface area contributed by atoms with Gasteiger partial charge in [-0.2, -0.15) is 0 Å². The SMILES string of the molecule is CCCN(c1cc(NN)nc(C2CC2)n1)C1CC1. The van der Waals surface area contributed by atoms with Gasteiger partial charge >= 0.3 is 0 Å². The lowest BCUT2D eigenvalue weighted by Gasteiger charge is -2.23. The molecule has 1 heterocycles. The molecule has 2 aliphatic rings. The molecule has 2 saturated carbocycles. The first-order chi connectivity index (χ1) is 8.81. The standard InChI is InChI=1S/C13H21N5/c1-2-7-18(10-5-6-10)12-8-11(17-14)15-13(16-12)9-3-4-9/h8-10H,2-7,14H2,1H3,(H,15,16,17). The second kappa shape index (κ2) is 4.72. The van der Waals surface area contributed by atoms with Crippen LogP contribution >= 0.6 is 0 Å². The smallest absolute Gasteiger partial charge is 0.145 e. The van der Waals surface area contributed by atoms with Crippen molar-refractivity contribution in [2.24, 2.45) is 5.84 Å². The Morgan fingerprint density at radius 1 is 1.33 bits per heavy atom. The van der Waals surface area contributed by atoms with E-state index in [0.717, 1.165) is 30.4 Å². The number of hydrazine groups is 1. The van der Waals surface area contributed by atoms with Crippen LogP contribution in [0.25, 0.3) is 0 Å². The Bertz CT molecular complexity index is 425. The van der Waals surface area contributed by atoms with Crippen molar-refractivity contribution in [3.63, 3.8) is 0 Å². The molecular weight excluding hydrogens is 226 g/mol. The van der Waals surface area contributed by atoms with Gasteiger partial charge in [-0.3, -0.25) is 0 Å². The van der Waals surface area contributed by atoms with E-state index >= 15 is 0 Å². The van der Waals surface area contributed by atoms with Crippen molar-refractivity contribution < 1.29 is 0 Å². The molecule has 0 bridgehead atoms. The highest BCUT2D eigenvalue weighted by Crippen LogP contribution is 2.40. The summed E-state index contributed by atoms with van der Waals surface area (Å²) in [5.41, 5.74) is 2.67. The topological polar surface area (TPSA) is 67.1 Å². The van der Waals surface area contributed by atoms with Crippen LogP contribution in [-0.4, -0.2) is 22.6 Å². The lowest BCUT2D eigenvalue weighted by atomic mass is 10.3. The van der Waals surface area contributed by atoms with Gasteiger partial charge in [-0.25, -0.2) is 15.8 Å². The molecule has 0 amide bonds. The van der Waals surface area contributed by atoms with Crippen molar-refractivity contribution in [1.29, 1.82) is 0 Å². The summed E-state index contributed by atoms with van der Waals surface area (Å²) in [5, 5.41) is 0. The maximum absolute atomic E-state index is 5.52. The first kappa shape index (κ1) is 11.7. The van der Waals surface area contributed by atoms with E-state index in [1.807, 2.05) is 6.07 Å². The summed E-state index contributed by atoms with van der Waals surface area (Å²) < 4.78 is 0. The Morgan fingerprint density at radius 2 is 2.11 bits per heavy atom. The van der Waals surface area contributed by atoms with Crippen LogP contribution in [0.15, 0.2) is 6.07 Å². The van der Waals surface area contributed by atoms with Gasteiger partial charge in [-0.15, -0.1) is 0 Å². The first-order valence-corrected chi connectivity index (χ1v) is 6.94. The minimum Gasteiger partial charge on any atom is -0.353 e. The predicted octanol–water partition coefficient (Wildman–Crippen LogP) is 2.02. The Hall–Kier alpha value is -1.36. The van der Waals surface area contributed by atoms with E-state index in [9.17, 15) is 0 Å². The molecule has 18 heavy (non-hydrogen) atoms. The fraction of sp³-hybridized carbons (Fsp3) is 0.692. The molecule has 0 radical (unpaired) electrons. The zero-order valence-electron chi connectivity index (χ0n) is 10.9. The maximum atomic E-state index is 5.52. The van der Waals surface area contributed by atoms with E-state index in [1.54, 1.807) is 0 Å². The van der Waals surface area contributed by atoms with Gasteiger partial charge in [0.2, 0.25) is 0 Å². The molecule has 5 heteroatoms. The zero-order valence-corrected chi connectivity index (χ0v) is 10.9. The average Bonchev–Trinajstić information content (AvgIpc) is 3.27. The molecule has 3 rings (SSSR count). The molecule has 2 fully saturated rings. The van der Waals surface area contributed by atoms with Crippen LogP contribution in [0.1, 0.15) is 50.8 Å². The Labute approximate surface area is 108 Å². The van der Waals surface area contributed by atoms with Crippen LogP contribution in [0, 0.1) is 0 Å². The van der Waals surface area contributed by atoms with Crippen LogP contribution in [0.2, 0.25) is 0 Å². The van der Waals surface area contributed by atoms with E-state index < -0.39 is 0 Å². The summed E-state index contributed by atoms with van der Waals surface area (Å²) in [6, 6.07) is 2.65. The predicted molar refractivity (Wildman–Crippen MR) is 72.5 cm³/mol. The van der Waals surface area contributed by atoms with Gasteiger partial charge in [0, 0.05) is 24.6 Å². The third-order valence-electron chi connectivity index (χ3n) is 3.57. The highest BCUT2D eigenvalue weighted by Gasteiger charge is 2.32. The summed E-state index contributed by atoms with van der Waals surface area (Å²) in [6.45, 7) is 3.27. The molecule has 1 aromatic rings. The third kappa shape index (κ3) is 2.41. The lowest BCUT2D eigenvalue weighted by Crippen LogP contribution is -2.28. The van der Waals surface area contributed by atoms with E-state index in [2.05, 4.69) is 22.2 Å². The first-order valence-electron chi connectivity index (χ1n) is 6.94. The second-order valence-electron chi connectivity index (χ2n) is 5.31. The summed E-state index contributed by atoms with van der Waals surface area (Å²) in [5.74, 6) is 8.82. The third-order valence-corrected chi connectivity index (χ3v) is 3.57. The minimum absolute atomic E-state index is 0.555. The monoisotopic (exact) mass is 247 g/mol.